The van der Waals surface area contributed by atoms with Crippen LogP contribution in [0.3, 0.4) is 0 Å². The van der Waals surface area contributed by atoms with E-state index < -0.39 is 0 Å². The minimum absolute atomic E-state index is 0.278. The molecule has 94 valence electrons. The van der Waals surface area contributed by atoms with Gasteiger partial charge >= 0.3 is 0 Å². The molecule has 1 unspecified atom stereocenters. The topological polar surface area (TPSA) is 0 Å². The van der Waals surface area contributed by atoms with Crippen molar-refractivity contribution in [3.8, 4) is 0 Å². The number of alkyl halides is 1. The van der Waals surface area contributed by atoms with Crippen LogP contribution in [0.1, 0.15) is 22.1 Å². The number of hydrogen-bond donors (Lipinski definition) is 0. The van der Waals surface area contributed by atoms with Gasteiger partial charge in [-0.1, -0.05) is 47.5 Å². The van der Waals surface area contributed by atoms with E-state index in [-0.39, 0.29) is 11.2 Å². The van der Waals surface area contributed by atoms with Gasteiger partial charge in [-0.25, -0.2) is 4.39 Å². The minimum atomic E-state index is -0.305. The molecule has 0 aromatic heterocycles. The summed E-state index contributed by atoms with van der Waals surface area (Å²) in [5.74, 6) is -0.305. The molecule has 0 N–H and O–H groups in total. The Bertz CT molecular complexity index is 514. The lowest BCUT2D eigenvalue weighted by Gasteiger charge is -2.12. The molecule has 18 heavy (non-hydrogen) atoms. The third-order valence-corrected chi connectivity index (χ3v) is 3.64. The molecule has 3 heteroatoms. The first kappa shape index (κ1) is 13.4. The van der Waals surface area contributed by atoms with Crippen LogP contribution in [0.2, 0.25) is 5.02 Å². The van der Waals surface area contributed by atoms with Gasteiger partial charge in [0.2, 0.25) is 0 Å². The zero-order chi connectivity index (χ0) is 13.1. The molecule has 1 atom stereocenters. The monoisotopic (exact) mass is 282 g/mol. The van der Waals surface area contributed by atoms with Crippen molar-refractivity contribution in [2.45, 2.75) is 18.7 Å². The van der Waals surface area contributed by atoms with Crippen LogP contribution in [-0.2, 0) is 6.42 Å². The van der Waals surface area contributed by atoms with Gasteiger partial charge in [-0.15, -0.1) is 11.6 Å². The van der Waals surface area contributed by atoms with Crippen molar-refractivity contribution in [1.29, 1.82) is 0 Å². The maximum Gasteiger partial charge on any atom is 0.127 e. The van der Waals surface area contributed by atoms with Crippen molar-refractivity contribution in [1.82, 2.24) is 0 Å². The molecule has 0 bridgehead atoms. The molecule has 2 aromatic carbocycles. The van der Waals surface area contributed by atoms with E-state index in [4.69, 9.17) is 23.2 Å². The average Bonchev–Trinajstić information content (AvgIpc) is 2.34. The molecule has 0 amide bonds. The van der Waals surface area contributed by atoms with Crippen LogP contribution in [-0.4, -0.2) is 0 Å². The lowest BCUT2D eigenvalue weighted by Crippen LogP contribution is -1.99. The van der Waals surface area contributed by atoms with Crippen molar-refractivity contribution < 1.29 is 4.39 Å². The fraction of sp³-hybridized carbons (Fsp3) is 0.200. The molecule has 2 rings (SSSR count). The lowest BCUT2D eigenvalue weighted by molar-refractivity contribution is 0.607. The first-order chi connectivity index (χ1) is 8.58. The summed E-state index contributed by atoms with van der Waals surface area (Å²) in [6, 6.07) is 12.6. The second kappa shape index (κ2) is 5.73. The summed E-state index contributed by atoms with van der Waals surface area (Å²) < 4.78 is 13.6. The summed E-state index contributed by atoms with van der Waals surface area (Å²) >= 11 is 12.3. The summed E-state index contributed by atoms with van der Waals surface area (Å²) in [5.41, 5.74) is 2.62. The largest absolute Gasteiger partial charge is 0.207 e. The number of rotatable bonds is 3. The third-order valence-electron chi connectivity index (χ3n) is 2.88. The second-order valence-electron chi connectivity index (χ2n) is 4.28. The zero-order valence-corrected chi connectivity index (χ0v) is 11.5. The van der Waals surface area contributed by atoms with Gasteiger partial charge in [-0.3, -0.25) is 0 Å². The zero-order valence-electron chi connectivity index (χ0n) is 9.96. The predicted molar refractivity (Wildman–Crippen MR) is 74.9 cm³/mol. The third kappa shape index (κ3) is 3.04. The quantitative estimate of drug-likeness (QED) is 0.669. The van der Waals surface area contributed by atoms with E-state index in [2.05, 4.69) is 0 Å². The van der Waals surface area contributed by atoms with Gasteiger partial charge in [0.1, 0.15) is 5.82 Å². The highest BCUT2D eigenvalue weighted by Gasteiger charge is 2.14. The highest BCUT2D eigenvalue weighted by Crippen LogP contribution is 2.29. The fourth-order valence-electron chi connectivity index (χ4n) is 1.80. The molecule has 0 fully saturated rings. The number of aryl methyl sites for hydroxylation is 1. The van der Waals surface area contributed by atoms with Crippen LogP contribution in [0, 0.1) is 12.7 Å². The van der Waals surface area contributed by atoms with Gasteiger partial charge in [0.25, 0.3) is 0 Å². The summed E-state index contributed by atoms with van der Waals surface area (Å²) in [5, 5.41) is 0.146. The van der Waals surface area contributed by atoms with Crippen molar-refractivity contribution in [3.63, 3.8) is 0 Å². The Labute approximate surface area is 116 Å². The van der Waals surface area contributed by atoms with Gasteiger partial charge in [0.05, 0.1) is 5.38 Å². The maximum atomic E-state index is 13.6. The maximum absolute atomic E-state index is 13.6. The molecule has 0 aliphatic carbocycles. The molecular weight excluding hydrogens is 270 g/mol. The first-order valence-electron chi connectivity index (χ1n) is 5.71. The molecule has 0 heterocycles. The predicted octanol–water partition coefficient (Wildman–Crippen LogP) is 5.31. The highest BCUT2D eigenvalue weighted by molar-refractivity contribution is 6.31. The SMILES string of the molecule is Cc1ccc(C(Cl)Cc2c(F)cccc2Cl)cc1. The van der Waals surface area contributed by atoms with E-state index in [9.17, 15) is 4.39 Å². The Morgan fingerprint density at radius 1 is 1.11 bits per heavy atom. The Morgan fingerprint density at radius 3 is 2.39 bits per heavy atom. The molecular formula is C15H13Cl2F. The van der Waals surface area contributed by atoms with Gasteiger partial charge < -0.3 is 0 Å². The van der Waals surface area contributed by atoms with Crippen molar-refractivity contribution >= 4 is 23.2 Å². The summed E-state index contributed by atoms with van der Waals surface area (Å²) in [6.07, 6.45) is 0.385. The molecule has 0 spiro atoms. The van der Waals surface area contributed by atoms with Gasteiger partial charge in [0.15, 0.2) is 0 Å². The molecule has 0 saturated heterocycles. The smallest absolute Gasteiger partial charge is 0.127 e. The normalized spacial score (nSPS) is 12.4. The van der Waals surface area contributed by atoms with Crippen LogP contribution in [0.5, 0.6) is 0 Å². The fourth-order valence-corrected chi connectivity index (χ4v) is 2.34. The Hall–Kier alpha value is -1.05. The van der Waals surface area contributed by atoms with Crippen LogP contribution >= 0.6 is 23.2 Å². The molecule has 0 saturated carbocycles. The van der Waals surface area contributed by atoms with Crippen molar-refractivity contribution in [3.05, 3.63) is 70.0 Å². The van der Waals surface area contributed by atoms with E-state index in [1.165, 1.54) is 11.6 Å². The van der Waals surface area contributed by atoms with Gasteiger partial charge in [0, 0.05) is 10.6 Å². The molecule has 0 aliphatic heterocycles. The number of halogens is 3. The van der Waals surface area contributed by atoms with E-state index in [0.29, 0.717) is 17.0 Å². The van der Waals surface area contributed by atoms with Crippen molar-refractivity contribution in [2.24, 2.45) is 0 Å². The van der Waals surface area contributed by atoms with E-state index in [0.717, 1.165) is 5.56 Å². The standard InChI is InChI=1S/C15H13Cl2F/c1-10-5-7-11(8-6-10)14(17)9-12-13(16)3-2-4-15(12)18/h2-8,14H,9H2,1H3. The average molecular weight is 283 g/mol. The van der Waals surface area contributed by atoms with Crippen LogP contribution in [0.4, 0.5) is 4.39 Å². The van der Waals surface area contributed by atoms with Crippen LogP contribution in [0.15, 0.2) is 42.5 Å². The van der Waals surface area contributed by atoms with E-state index in [1.54, 1.807) is 12.1 Å². The van der Waals surface area contributed by atoms with Crippen LogP contribution < -0.4 is 0 Å². The summed E-state index contributed by atoms with van der Waals surface area (Å²) in [6.45, 7) is 2.01. The highest BCUT2D eigenvalue weighted by atomic mass is 35.5. The minimum Gasteiger partial charge on any atom is -0.207 e. The number of benzene rings is 2. The van der Waals surface area contributed by atoms with Gasteiger partial charge in [-0.05, 0) is 31.0 Å². The van der Waals surface area contributed by atoms with E-state index in [1.807, 2.05) is 31.2 Å². The molecule has 2 aromatic rings. The molecule has 0 aliphatic rings. The van der Waals surface area contributed by atoms with Gasteiger partial charge in [-0.2, -0.15) is 0 Å². The molecule has 0 radical (unpaired) electrons. The second-order valence-corrected chi connectivity index (χ2v) is 5.22. The Kier molecular flexibility index (Phi) is 4.26. The Morgan fingerprint density at radius 2 is 1.78 bits per heavy atom. The summed E-state index contributed by atoms with van der Waals surface area (Å²) in [4.78, 5) is 0. The Balaban J connectivity index is 2.21. The first-order valence-corrected chi connectivity index (χ1v) is 6.53. The van der Waals surface area contributed by atoms with Crippen LogP contribution in [0.25, 0.3) is 0 Å². The molecule has 0 nitrogen and oxygen atoms in total. The summed E-state index contributed by atoms with van der Waals surface area (Å²) in [7, 11) is 0. The lowest BCUT2D eigenvalue weighted by atomic mass is 10.0. The van der Waals surface area contributed by atoms with E-state index >= 15 is 0 Å². The van der Waals surface area contributed by atoms with Crippen molar-refractivity contribution in [2.75, 3.05) is 0 Å². The number of hydrogen-bond acceptors (Lipinski definition) is 0.